The molecule has 5 nitrogen and oxygen atoms in total. The fourth-order valence-electron chi connectivity index (χ4n) is 1.45. The number of benzene rings is 1. The second kappa shape index (κ2) is 5.90. The van der Waals surface area contributed by atoms with Crippen molar-refractivity contribution in [3.05, 3.63) is 51.1 Å². The molecule has 1 aromatic carbocycles. The summed E-state index contributed by atoms with van der Waals surface area (Å²) in [6.45, 7) is 0. The predicted octanol–water partition coefficient (Wildman–Crippen LogP) is 3.20. The number of hydrogen-bond donors (Lipinski definition) is 2. The fourth-order valence-corrected chi connectivity index (χ4v) is 2.10. The van der Waals surface area contributed by atoms with Gasteiger partial charge >= 0.3 is 0 Å². The lowest BCUT2D eigenvalue weighted by atomic mass is 10.2. The number of carbonyl (C=O) groups is 1. The van der Waals surface area contributed by atoms with Gasteiger partial charge in [0.1, 0.15) is 5.82 Å². The summed E-state index contributed by atoms with van der Waals surface area (Å²) < 4.78 is 0.611. The van der Waals surface area contributed by atoms with Crippen LogP contribution in [0.1, 0.15) is 15.9 Å². The first kappa shape index (κ1) is 14.3. The largest absolute Gasteiger partial charge is 0.382 e. The molecule has 0 fully saturated rings. The molecule has 20 heavy (non-hydrogen) atoms. The van der Waals surface area contributed by atoms with Crippen LogP contribution < -0.4 is 11.1 Å². The zero-order valence-electron chi connectivity index (χ0n) is 10.0. The standard InChI is InChI=1S/C13H8BrClN4O/c14-9-3-7(5-16)1-2-11(9)19-13(20)8-4-10(15)12(17)18-6-8/h1-4,6H,(H2,17,18)(H,19,20). The topological polar surface area (TPSA) is 91.8 Å². The molecule has 3 N–H and O–H groups in total. The number of rotatable bonds is 2. The molecule has 0 radical (unpaired) electrons. The Kier molecular flexibility index (Phi) is 4.23. The summed E-state index contributed by atoms with van der Waals surface area (Å²) in [7, 11) is 0. The number of halogens is 2. The van der Waals surface area contributed by atoms with Crippen molar-refractivity contribution in [3.63, 3.8) is 0 Å². The van der Waals surface area contributed by atoms with Crippen LogP contribution in [0, 0.1) is 11.3 Å². The highest BCUT2D eigenvalue weighted by atomic mass is 79.9. The Balaban J connectivity index is 2.23. The lowest BCUT2D eigenvalue weighted by Crippen LogP contribution is -2.13. The van der Waals surface area contributed by atoms with Gasteiger partial charge in [-0.15, -0.1) is 0 Å². The van der Waals surface area contributed by atoms with Crippen molar-refractivity contribution >= 4 is 44.9 Å². The van der Waals surface area contributed by atoms with E-state index in [1.54, 1.807) is 18.2 Å². The van der Waals surface area contributed by atoms with Gasteiger partial charge in [-0.1, -0.05) is 11.6 Å². The summed E-state index contributed by atoms with van der Waals surface area (Å²) in [4.78, 5) is 15.9. The Morgan fingerprint density at radius 3 is 2.80 bits per heavy atom. The minimum absolute atomic E-state index is 0.169. The molecule has 7 heteroatoms. The molecule has 2 aromatic rings. The van der Waals surface area contributed by atoms with E-state index in [1.807, 2.05) is 6.07 Å². The second-order valence-electron chi connectivity index (χ2n) is 3.85. The number of amides is 1. The quantitative estimate of drug-likeness (QED) is 0.869. The van der Waals surface area contributed by atoms with E-state index >= 15 is 0 Å². The van der Waals surface area contributed by atoms with Crippen LogP contribution in [-0.2, 0) is 0 Å². The highest BCUT2D eigenvalue weighted by Gasteiger charge is 2.11. The van der Waals surface area contributed by atoms with Crippen LogP contribution in [-0.4, -0.2) is 10.9 Å². The number of nitrogens with two attached hydrogens (primary N) is 1. The Bertz CT molecular complexity index is 727. The third kappa shape index (κ3) is 3.07. The number of pyridine rings is 1. The number of nitrogens with zero attached hydrogens (tertiary/aromatic N) is 2. The number of nitrogen functional groups attached to an aromatic ring is 1. The summed E-state index contributed by atoms with van der Waals surface area (Å²) in [6, 6.07) is 8.30. The molecule has 0 bridgehead atoms. The summed E-state index contributed by atoms with van der Waals surface area (Å²) in [6.07, 6.45) is 1.34. The van der Waals surface area contributed by atoms with E-state index in [-0.39, 0.29) is 16.7 Å². The first-order valence-corrected chi connectivity index (χ1v) is 6.60. The Hall–Kier alpha value is -2.10. The molecule has 0 saturated carbocycles. The normalized spacial score (nSPS) is 9.85. The molecule has 0 aliphatic heterocycles. The van der Waals surface area contributed by atoms with Gasteiger partial charge in [0, 0.05) is 10.7 Å². The summed E-state index contributed by atoms with van der Waals surface area (Å²) in [5, 5.41) is 11.7. The number of anilines is 2. The van der Waals surface area contributed by atoms with Gasteiger partial charge in [0.15, 0.2) is 0 Å². The molecule has 0 unspecified atom stereocenters. The first-order chi connectivity index (χ1) is 9.51. The third-order valence-electron chi connectivity index (χ3n) is 2.48. The smallest absolute Gasteiger partial charge is 0.257 e. The predicted molar refractivity (Wildman–Crippen MR) is 80.5 cm³/mol. The van der Waals surface area contributed by atoms with Crippen molar-refractivity contribution < 1.29 is 4.79 Å². The monoisotopic (exact) mass is 350 g/mol. The van der Waals surface area contributed by atoms with Gasteiger partial charge < -0.3 is 11.1 Å². The molecular weight excluding hydrogens is 344 g/mol. The first-order valence-electron chi connectivity index (χ1n) is 5.43. The second-order valence-corrected chi connectivity index (χ2v) is 5.11. The Labute approximate surface area is 128 Å². The Morgan fingerprint density at radius 1 is 1.45 bits per heavy atom. The molecule has 0 spiro atoms. The number of nitriles is 1. The summed E-state index contributed by atoms with van der Waals surface area (Å²) in [5.74, 6) is -0.201. The zero-order valence-corrected chi connectivity index (χ0v) is 12.4. The van der Waals surface area contributed by atoms with E-state index in [1.165, 1.54) is 12.3 Å². The van der Waals surface area contributed by atoms with E-state index < -0.39 is 0 Å². The van der Waals surface area contributed by atoms with Crippen molar-refractivity contribution in [2.24, 2.45) is 0 Å². The van der Waals surface area contributed by atoms with E-state index in [2.05, 4.69) is 26.2 Å². The van der Waals surface area contributed by atoms with Gasteiger partial charge in [-0.3, -0.25) is 4.79 Å². The van der Waals surface area contributed by atoms with Crippen molar-refractivity contribution in [3.8, 4) is 6.07 Å². The SMILES string of the molecule is N#Cc1ccc(NC(=O)c2cnc(N)c(Cl)c2)c(Br)c1. The van der Waals surface area contributed by atoms with E-state index in [9.17, 15) is 4.79 Å². The van der Waals surface area contributed by atoms with Crippen molar-refractivity contribution in [2.75, 3.05) is 11.1 Å². The van der Waals surface area contributed by atoms with Gasteiger partial charge in [0.25, 0.3) is 5.91 Å². The lowest BCUT2D eigenvalue weighted by molar-refractivity contribution is 0.102. The van der Waals surface area contributed by atoms with Crippen LogP contribution in [0.5, 0.6) is 0 Å². The maximum atomic E-state index is 12.0. The van der Waals surface area contributed by atoms with Gasteiger partial charge in [-0.05, 0) is 40.2 Å². The lowest BCUT2D eigenvalue weighted by Gasteiger charge is -2.08. The average Bonchev–Trinajstić information content (AvgIpc) is 2.43. The molecule has 1 heterocycles. The van der Waals surface area contributed by atoms with Crippen LogP contribution in [0.15, 0.2) is 34.9 Å². The Morgan fingerprint density at radius 2 is 2.20 bits per heavy atom. The molecule has 1 amide bonds. The van der Waals surface area contributed by atoms with Crippen LogP contribution in [0.3, 0.4) is 0 Å². The van der Waals surface area contributed by atoms with Gasteiger partial charge in [-0.2, -0.15) is 5.26 Å². The number of nitrogens with one attached hydrogen (secondary N) is 1. The van der Waals surface area contributed by atoms with Crippen molar-refractivity contribution in [1.29, 1.82) is 5.26 Å². The highest BCUT2D eigenvalue weighted by molar-refractivity contribution is 9.10. The summed E-state index contributed by atoms with van der Waals surface area (Å²) in [5.41, 5.74) is 6.81. The number of aromatic nitrogens is 1. The minimum Gasteiger partial charge on any atom is -0.382 e. The van der Waals surface area contributed by atoms with Gasteiger partial charge in [0.2, 0.25) is 0 Å². The highest BCUT2D eigenvalue weighted by Crippen LogP contribution is 2.24. The van der Waals surface area contributed by atoms with Crippen LogP contribution in [0.4, 0.5) is 11.5 Å². The average molecular weight is 352 g/mol. The molecule has 0 aliphatic carbocycles. The minimum atomic E-state index is -0.371. The third-order valence-corrected chi connectivity index (χ3v) is 3.44. The van der Waals surface area contributed by atoms with E-state index in [0.29, 0.717) is 21.3 Å². The van der Waals surface area contributed by atoms with Crippen LogP contribution >= 0.6 is 27.5 Å². The molecule has 1 aromatic heterocycles. The maximum Gasteiger partial charge on any atom is 0.257 e. The number of carbonyl (C=O) groups excluding carboxylic acids is 1. The maximum absolute atomic E-state index is 12.0. The summed E-state index contributed by atoms with van der Waals surface area (Å²) >= 11 is 9.11. The van der Waals surface area contributed by atoms with Crippen molar-refractivity contribution in [2.45, 2.75) is 0 Å². The van der Waals surface area contributed by atoms with Crippen LogP contribution in [0.2, 0.25) is 5.02 Å². The molecule has 0 aliphatic rings. The molecule has 0 saturated heterocycles. The van der Waals surface area contributed by atoms with Crippen molar-refractivity contribution in [1.82, 2.24) is 4.98 Å². The molecule has 0 atom stereocenters. The van der Waals surface area contributed by atoms with Gasteiger partial charge in [-0.25, -0.2) is 4.98 Å². The number of hydrogen-bond acceptors (Lipinski definition) is 4. The fraction of sp³-hybridized carbons (Fsp3) is 0. The van der Waals surface area contributed by atoms with Gasteiger partial charge in [0.05, 0.1) is 27.9 Å². The van der Waals surface area contributed by atoms with E-state index in [0.717, 1.165) is 0 Å². The molecule has 2 rings (SSSR count). The van der Waals surface area contributed by atoms with Crippen LogP contribution in [0.25, 0.3) is 0 Å². The van der Waals surface area contributed by atoms with E-state index in [4.69, 9.17) is 22.6 Å². The zero-order chi connectivity index (χ0) is 14.7. The molecule has 100 valence electrons. The molecular formula is C13H8BrClN4O.